The first-order valence-corrected chi connectivity index (χ1v) is 7.86. The molecule has 0 aliphatic heterocycles. The molecule has 4 heteroatoms. The lowest BCUT2D eigenvalue weighted by Gasteiger charge is -2.37. The van der Waals surface area contributed by atoms with E-state index in [1.165, 1.54) is 12.8 Å². The molecule has 1 aromatic rings. The fraction of sp³-hybridized carbons (Fsp3) is 0.647. The van der Waals surface area contributed by atoms with E-state index in [0.717, 1.165) is 12.1 Å². The molecule has 21 heavy (non-hydrogen) atoms. The molecule has 0 amide bonds. The van der Waals surface area contributed by atoms with Crippen LogP contribution >= 0.6 is 0 Å². The number of ether oxygens (including phenoxy) is 1. The number of nitrogens with two attached hydrogens (primary N) is 1. The molecule has 0 saturated heterocycles. The Morgan fingerprint density at radius 1 is 1.38 bits per heavy atom. The third kappa shape index (κ3) is 3.96. The van der Waals surface area contributed by atoms with E-state index in [9.17, 15) is 0 Å². The molecule has 3 atom stereocenters. The summed E-state index contributed by atoms with van der Waals surface area (Å²) in [5.41, 5.74) is 7.10. The quantitative estimate of drug-likeness (QED) is 0.658. The number of aromatic nitrogens is 1. The molecule has 1 heterocycles. The fourth-order valence-corrected chi connectivity index (χ4v) is 3.26. The third-order valence-electron chi connectivity index (χ3n) is 4.47. The highest BCUT2D eigenvalue weighted by Gasteiger charge is 2.32. The number of pyridine rings is 1. The van der Waals surface area contributed by atoms with Crippen LogP contribution < -0.4 is 10.5 Å². The maximum Gasteiger partial charge on any atom is 0.214 e. The number of rotatable bonds is 4. The first-order chi connectivity index (χ1) is 9.86. The molecule has 3 N–H and O–H groups in total. The number of hydrogen-bond donors (Lipinski definition) is 2. The minimum Gasteiger partial charge on any atom is -0.474 e. The third-order valence-corrected chi connectivity index (χ3v) is 4.47. The van der Waals surface area contributed by atoms with Crippen LogP contribution in [0.1, 0.15) is 51.3 Å². The van der Waals surface area contributed by atoms with E-state index in [1.54, 1.807) is 6.07 Å². The molecule has 0 aromatic carbocycles. The van der Waals surface area contributed by atoms with Gasteiger partial charge in [-0.15, -0.1) is 0 Å². The second kappa shape index (κ2) is 6.46. The maximum atomic E-state index is 7.58. The number of nitrogen functional groups attached to an aromatic ring is 1. The molecular weight excluding hydrogens is 262 g/mol. The molecule has 116 valence electrons. The Hall–Kier alpha value is -1.58. The molecule has 0 radical (unpaired) electrons. The number of nitrogens with zero attached hydrogens (tertiary/aromatic N) is 1. The molecule has 1 saturated carbocycles. The van der Waals surface area contributed by atoms with E-state index in [4.69, 9.17) is 15.9 Å². The van der Waals surface area contributed by atoms with Gasteiger partial charge in [-0.05, 0) is 43.6 Å². The van der Waals surface area contributed by atoms with Crippen molar-refractivity contribution in [3.8, 4) is 5.88 Å². The molecule has 0 spiro atoms. The van der Waals surface area contributed by atoms with Gasteiger partial charge in [-0.3, -0.25) is 5.41 Å². The van der Waals surface area contributed by atoms with Crippen molar-refractivity contribution in [1.29, 1.82) is 5.41 Å². The predicted octanol–water partition coefficient (Wildman–Crippen LogP) is 3.51. The number of amidine groups is 1. The van der Waals surface area contributed by atoms with Gasteiger partial charge in [0.1, 0.15) is 11.9 Å². The monoisotopic (exact) mass is 289 g/mol. The molecule has 1 fully saturated rings. The Bertz CT molecular complexity index is 513. The molecule has 4 nitrogen and oxygen atoms in total. The van der Waals surface area contributed by atoms with Crippen LogP contribution in [0.25, 0.3) is 0 Å². The van der Waals surface area contributed by atoms with Crippen LogP contribution in [0.3, 0.4) is 0 Å². The van der Waals surface area contributed by atoms with E-state index in [0.29, 0.717) is 29.2 Å². The topological polar surface area (TPSA) is 72.0 Å². The highest BCUT2D eigenvalue weighted by atomic mass is 16.5. The normalized spacial score (nSPS) is 25.9. The second-order valence-corrected chi connectivity index (χ2v) is 6.73. The molecule has 1 aliphatic rings. The summed E-state index contributed by atoms with van der Waals surface area (Å²) in [6, 6.07) is 3.60. The summed E-state index contributed by atoms with van der Waals surface area (Å²) in [6.07, 6.45) is 3.79. The van der Waals surface area contributed by atoms with Crippen LogP contribution in [0.5, 0.6) is 5.88 Å². The van der Waals surface area contributed by atoms with Gasteiger partial charge >= 0.3 is 0 Å². The Kier molecular flexibility index (Phi) is 4.86. The van der Waals surface area contributed by atoms with Crippen molar-refractivity contribution in [3.63, 3.8) is 0 Å². The summed E-state index contributed by atoms with van der Waals surface area (Å²) in [5, 5.41) is 7.58. The molecular formula is C17H27N3O. The van der Waals surface area contributed by atoms with Gasteiger partial charge in [0.05, 0.1) is 0 Å². The Morgan fingerprint density at radius 2 is 2.10 bits per heavy atom. The zero-order valence-corrected chi connectivity index (χ0v) is 13.5. The minimum absolute atomic E-state index is 0.0581. The predicted molar refractivity (Wildman–Crippen MR) is 85.7 cm³/mol. The largest absolute Gasteiger partial charge is 0.474 e. The standard InChI is InChI=1S/C17H27N3O/c1-10(2)14-6-5-11(3)7-15(14)21-16-9-13(17(18)19)8-12(4)20-16/h8-11,14-15H,5-7H2,1-4H3,(H3,18,19). The smallest absolute Gasteiger partial charge is 0.214 e. The summed E-state index contributed by atoms with van der Waals surface area (Å²) in [6.45, 7) is 8.73. The van der Waals surface area contributed by atoms with Crippen molar-refractivity contribution >= 4 is 5.84 Å². The van der Waals surface area contributed by atoms with Gasteiger partial charge in [-0.1, -0.05) is 27.2 Å². The SMILES string of the molecule is Cc1cc(C(=N)N)cc(OC2CC(C)CCC2C(C)C)n1. The highest BCUT2D eigenvalue weighted by Crippen LogP contribution is 2.35. The summed E-state index contributed by atoms with van der Waals surface area (Å²) in [7, 11) is 0. The lowest BCUT2D eigenvalue weighted by atomic mass is 9.75. The number of nitrogens with one attached hydrogen (secondary N) is 1. The van der Waals surface area contributed by atoms with Crippen LogP contribution in [-0.4, -0.2) is 16.9 Å². The van der Waals surface area contributed by atoms with Crippen LogP contribution in [0, 0.1) is 30.1 Å². The first kappa shape index (κ1) is 15.8. The average Bonchev–Trinajstić information content (AvgIpc) is 2.37. The lowest BCUT2D eigenvalue weighted by Crippen LogP contribution is -2.36. The van der Waals surface area contributed by atoms with E-state index in [-0.39, 0.29) is 11.9 Å². The van der Waals surface area contributed by atoms with Crippen molar-refractivity contribution in [2.75, 3.05) is 0 Å². The van der Waals surface area contributed by atoms with Crippen molar-refractivity contribution in [2.24, 2.45) is 23.5 Å². The zero-order chi connectivity index (χ0) is 15.6. The van der Waals surface area contributed by atoms with Gasteiger partial charge in [0.2, 0.25) is 5.88 Å². The van der Waals surface area contributed by atoms with E-state index >= 15 is 0 Å². The summed E-state index contributed by atoms with van der Waals surface area (Å²) < 4.78 is 6.21. The average molecular weight is 289 g/mol. The highest BCUT2D eigenvalue weighted by molar-refractivity contribution is 5.95. The van der Waals surface area contributed by atoms with Crippen LogP contribution in [-0.2, 0) is 0 Å². The first-order valence-electron chi connectivity index (χ1n) is 7.86. The Labute approximate surface area is 127 Å². The second-order valence-electron chi connectivity index (χ2n) is 6.73. The molecule has 1 aromatic heterocycles. The van der Waals surface area contributed by atoms with E-state index in [1.807, 2.05) is 13.0 Å². The van der Waals surface area contributed by atoms with Gasteiger partial charge < -0.3 is 10.5 Å². The van der Waals surface area contributed by atoms with Gasteiger partial charge in [-0.2, -0.15) is 0 Å². The fourth-order valence-electron chi connectivity index (χ4n) is 3.26. The van der Waals surface area contributed by atoms with Gasteiger partial charge in [0.25, 0.3) is 0 Å². The Balaban J connectivity index is 2.20. The van der Waals surface area contributed by atoms with E-state index in [2.05, 4.69) is 25.8 Å². The molecule has 2 rings (SSSR count). The summed E-state index contributed by atoms with van der Waals surface area (Å²) in [4.78, 5) is 4.45. The van der Waals surface area contributed by atoms with Crippen molar-refractivity contribution < 1.29 is 4.74 Å². The van der Waals surface area contributed by atoms with Crippen LogP contribution in [0.15, 0.2) is 12.1 Å². The van der Waals surface area contributed by atoms with E-state index < -0.39 is 0 Å². The molecule has 0 bridgehead atoms. The van der Waals surface area contributed by atoms with Crippen molar-refractivity contribution in [2.45, 2.75) is 53.1 Å². The number of aryl methyl sites for hydroxylation is 1. The van der Waals surface area contributed by atoms with Crippen LogP contribution in [0.4, 0.5) is 0 Å². The zero-order valence-electron chi connectivity index (χ0n) is 13.5. The van der Waals surface area contributed by atoms with Crippen molar-refractivity contribution in [1.82, 2.24) is 4.98 Å². The summed E-state index contributed by atoms with van der Waals surface area (Å²) >= 11 is 0. The van der Waals surface area contributed by atoms with Gasteiger partial charge in [0, 0.05) is 17.3 Å². The maximum absolute atomic E-state index is 7.58. The van der Waals surface area contributed by atoms with Crippen molar-refractivity contribution in [3.05, 3.63) is 23.4 Å². The Morgan fingerprint density at radius 3 is 2.71 bits per heavy atom. The number of hydrogen-bond acceptors (Lipinski definition) is 3. The van der Waals surface area contributed by atoms with Gasteiger partial charge in [-0.25, -0.2) is 4.98 Å². The van der Waals surface area contributed by atoms with Crippen LogP contribution in [0.2, 0.25) is 0 Å². The lowest BCUT2D eigenvalue weighted by molar-refractivity contribution is 0.0425. The van der Waals surface area contributed by atoms with Gasteiger partial charge in [0.15, 0.2) is 0 Å². The molecule has 1 aliphatic carbocycles. The molecule has 3 unspecified atom stereocenters. The summed E-state index contributed by atoms with van der Waals surface area (Å²) in [5.74, 6) is 2.54. The minimum atomic E-state index is 0.0581.